The molecule has 1 fully saturated rings. The van der Waals surface area contributed by atoms with Crippen LogP contribution in [0.25, 0.3) is 0 Å². The van der Waals surface area contributed by atoms with E-state index in [0.29, 0.717) is 12.5 Å². The average molecular weight is 238 g/mol. The predicted octanol–water partition coefficient (Wildman–Crippen LogP) is 0.855. The van der Waals surface area contributed by atoms with Crippen molar-refractivity contribution in [3.05, 3.63) is 11.9 Å². The summed E-state index contributed by atoms with van der Waals surface area (Å²) in [5.74, 6) is 0.296. The zero-order valence-corrected chi connectivity index (χ0v) is 9.80. The Kier molecular flexibility index (Phi) is 3.53. The lowest BCUT2D eigenvalue weighted by molar-refractivity contribution is 0.0633. The van der Waals surface area contributed by atoms with Crippen molar-refractivity contribution in [1.82, 2.24) is 9.97 Å². The summed E-state index contributed by atoms with van der Waals surface area (Å²) in [5, 5.41) is 0. The Hall–Kier alpha value is -1.69. The van der Waals surface area contributed by atoms with Crippen molar-refractivity contribution in [2.24, 2.45) is 0 Å². The average Bonchev–Trinajstić information content (AvgIpc) is 2.91. The number of Topliss-reactive ketones (excluding diaryl/α,β-unsaturated/α-hetero) is 1. The van der Waals surface area contributed by atoms with Gasteiger partial charge in [0.25, 0.3) is 0 Å². The van der Waals surface area contributed by atoms with Gasteiger partial charge in [0.15, 0.2) is 5.69 Å². The number of carbonyl (C=O) groups is 1. The molecule has 0 amide bonds. The fourth-order valence-electron chi connectivity index (χ4n) is 1.70. The summed E-state index contributed by atoms with van der Waals surface area (Å²) >= 11 is 0. The van der Waals surface area contributed by atoms with Gasteiger partial charge < -0.3 is 14.2 Å². The topological polar surface area (TPSA) is 70.5 Å². The Morgan fingerprint density at radius 1 is 1.47 bits per heavy atom. The first-order valence-electron chi connectivity index (χ1n) is 5.37. The van der Waals surface area contributed by atoms with Crippen LogP contribution in [0.2, 0.25) is 0 Å². The summed E-state index contributed by atoms with van der Waals surface area (Å²) in [6.45, 7) is 0.613. The molecule has 0 saturated carbocycles. The van der Waals surface area contributed by atoms with E-state index in [1.54, 1.807) is 0 Å². The smallest absolute Gasteiger partial charge is 0.246 e. The van der Waals surface area contributed by atoms with Gasteiger partial charge in [0.1, 0.15) is 6.10 Å². The van der Waals surface area contributed by atoms with E-state index in [4.69, 9.17) is 14.2 Å². The number of ether oxygens (including phenoxy) is 3. The minimum atomic E-state index is -0.424. The van der Waals surface area contributed by atoms with E-state index >= 15 is 0 Å². The highest BCUT2D eigenvalue weighted by Gasteiger charge is 2.29. The van der Waals surface area contributed by atoms with Gasteiger partial charge in [-0.3, -0.25) is 4.79 Å². The maximum absolute atomic E-state index is 12.1. The van der Waals surface area contributed by atoms with Crippen LogP contribution in [0, 0.1) is 0 Å². The fraction of sp³-hybridized carbons (Fsp3) is 0.545. The number of methoxy groups -OCH3 is 2. The van der Waals surface area contributed by atoms with E-state index in [1.165, 1.54) is 20.4 Å². The summed E-state index contributed by atoms with van der Waals surface area (Å²) in [6.07, 6.45) is 2.58. The lowest BCUT2D eigenvalue weighted by Crippen LogP contribution is -2.21. The number of hydrogen-bond donors (Lipinski definition) is 0. The summed E-state index contributed by atoms with van der Waals surface area (Å²) in [7, 11) is 2.92. The molecule has 92 valence electrons. The van der Waals surface area contributed by atoms with Crippen LogP contribution < -0.4 is 9.47 Å². The highest BCUT2D eigenvalue weighted by atomic mass is 16.5. The van der Waals surface area contributed by atoms with E-state index in [2.05, 4.69) is 9.97 Å². The number of rotatable bonds is 4. The molecule has 6 heteroatoms. The monoisotopic (exact) mass is 238 g/mol. The van der Waals surface area contributed by atoms with Crippen LogP contribution in [0.15, 0.2) is 6.20 Å². The van der Waals surface area contributed by atoms with Crippen LogP contribution in [-0.2, 0) is 4.74 Å². The normalized spacial score (nSPS) is 19.1. The second-order valence-corrected chi connectivity index (χ2v) is 3.64. The van der Waals surface area contributed by atoms with Gasteiger partial charge in [0, 0.05) is 6.61 Å². The summed E-state index contributed by atoms with van der Waals surface area (Å²) in [4.78, 5) is 20.1. The molecule has 1 aromatic heterocycles. The van der Waals surface area contributed by atoms with E-state index in [9.17, 15) is 4.79 Å². The molecule has 0 N–H and O–H groups in total. The molecule has 1 aromatic rings. The lowest BCUT2D eigenvalue weighted by atomic mass is 10.1. The Morgan fingerprint density at radius 2 is 2.29 bits per heavy atom. The Balaban J connectivity index is 2.27. The molecule has 0 bridgehead atoms. The Labute approximate surface area is 98.9 Å². The van der Waals surface area contributed by atoms with E-state index in [1.807, 2.05) is 0 Å². The first-order chi connectivity index (χ1) is 8.26. The Bertz CT molecular complexity index is 416. The number of aromatic nitrogens is 2. The van der Waals surface area contributed by atoms with Crippen molar-refractivity contribution in [2.45, 2.75) is 18.9 Å². The fourth-order valence-corrected chi connectivity index (χ4v) is 1.70. The first-order valence-corrected chi connectivity index (χ1v) is 5.37. The van der Waals surface area contributed by atoms with Gasteiger partial charge in [-0.25, -0.2) is 4.98 Å². The van der Waals surface area contributed by atoms with Crippen molar-refractivity contribution in [2.75, 3.05) is 20.8 Å². The van der Waals surface area contributed by atoms with E-state index in [0.717, 1.165) is 12.8 Å². The van der Waals surface area contributed by atoms with Crippen LogP contribution >= 0.6 is 0 Å². The highest BCUT2D eigenvalue weighted by molar-refractivity contribution is 5.99. The van der Waals surface area contributed by atoms with Crippen molar-refractivity contribution < 1.29 is 19.0 Å². The molecule has 1 unspecified atom stereocenters. The lowest BCUT2D eigenvalue weighted by Gasteiger charge is -2.10. The minimum Gasteiger partial charge on any atom is -0.480 e. The van der Waals surface area contributed by atoms with Crippen LogP contribution in [0.1, 0.15) is 23.3 Å². The van der Waals surface area contributed by atoms with Crippen molar-refractivity contribution in [3.8, 4) is 11.8 Å². The molecule has 0 aromatic carbocycles. The molecule has 0 aliphatic carbocycles. The van der Waals surface area contributed by atoms with E-state index in [-0.39, 0.29) is 17.4 Å². The predicted molar refractivity (Wildman–Crippen MR) is 58.4 cm³/mol. The van der Waals surface area contributed by atoms with Gasteiger partial charge in [0.2, 0.25) is 17.5 Å². The molecule has 1 saturated heterocycles. The molecular formula is C11H14N2O4. The van der Waals surface area contributed by atoms with Gasteiger partial charge in [0.05, 0.1) is 20.4 Å². The molecule has 6 nitrogen and oxygen atoms in total. The number of hydrogen-bond acceptors (Lipinski definition) is 6. The molecule has 1 atom stereocenters. The SMILES string of the molecule is COc1cnc(C(=O)C2CCCO2)c(OC)n1. The third kappa shape index (κ3) is 2.36. The van der Waals surface area contributed by atoms with Crippen LogP contribution in [0.3, 0.4) is 0 Å². The Morgan fingerprint density at radius 3 is 2.88 bits per heavy atom. The van der Waals surface area contributed by atoms with Gasteiger partial charge in [-0.05, 0) is 12.8 Å². The largest absolute Gasteiger partial charge is 0.480 e. The van der Waals surface area contributed by atoms with Gasteiger partial charge >= 0.3 is 0 Å². The molecular weight excluding hydrogens is 224 g/mol. The molecule has 0 spiro atoms. The molecule has 2 heterocycles. The van der Waals surface area contributed by atoms with Crippen LogP contribution in [0.4, 0.5) is 0 Å². The molecule has 1 aliphatic heterocycles. The highest BCUT2D eigenvalue weighted by Crippen LogP contribution is 2.22. The van der Waals surface area contributed by atoms with Crippen molar-refractivity contribution >= 4 is 5.78 Å². The molecule has 2 rings (SSSR count). The third-order valence-corrected chi connectivity index (χ3v) is 2.58. The van der Waals surface area contributed by atoms with Gasteiger partial charge in [-0.1, -0.05) is 0 Å². The molecule has 1 aliphatic rings. The zero-order chi connectivity index (χ0) is 12.3. The van der Waals surface area contributed by atoms with Crippen LogP contribution in [-0.4, -0.2) is 42.7 Å². The van der Waals surface area contributed by atoms with Gasteiger partial charge in [-0.15, -0.1) is 0 Å². The summed E-state index contributed by atoms with van der Waals surface area (Å²) < 4.78 is 15.3. The second-order valence-electron chi connectivity index (χ2n) is 3.64. The van der Waals surface area contributed by atoms with Crippen molar-refractivity contribution in [1.29, 1.82) is 0 Å². The number of nitrogens with zero attached hydrogens (tertiary/aromatic N) is 2. The summed E-state index contributed by atoms with van der Waals surface area (Å²) in [5.41, 5.74) is 0.195. The van der Waals surface area contributed by atoms with E-state index < -0.39 is 6.10 Å². The maximum Gasteiger partial charge on any atom is 0.246 e. The number of carbonyl (C=O) groups excluding carboxylic acids is 1. The van der Waals surface area contributed by atoms with Gasteiger partial charge in [-0.2, -0.15) is 4.98 Å². The minimum absolute atomic E-state index is 0.171. The first kappa shape index (κ1) is 11.8. The molecule has 17 heavy (non-hydrogen) atoms. The summed E-state index contributed by atoms with van der Waals surface area (Å²) in [6, 6.07) is 0. The standard InChI is InChI=1S/C11H14N2O4/c1-15-8-6-12-9(11(13-8)16-2)10(14)7-4-3-5-17-7/h6-7H,3-5H2,1-2H3. The van der Waals surface area contributed by atoms with Crippen molar-refractivity contribution in [3.63, 3.8) is 0 Å². The quantitative estimate of drug-likeness (QED) is 0.724. The zero-order valence-electron chi connectivity index (χ0n) is 9.80. The maximum atomic E-state index is 12.1. The third-order valence-electron chi connectivity index (χ3n) is 2.58. The molecule has 0 radical (unpaired) electrons. The van der Waals surface area contributed by atoms with Crippen LogP contribution in [0.5, 0.6) is 11.8 Å². The second kappa shape index (κ2) is 5.09. The number of ketones is 1.